The summed E-state index contributed by atoms with van der Waals surface area (Å²) in [4.78, 5) is 12.3. The van der Waals surface area contributed by atoms with Crippen molar-refractivity contribution in [2.75, 3.05) is 23.0 Å². The molecule has 130 valence electrons. The van der Waals surface area contributed by atoms with Gasteiger partial charge in [0, 0.05) is 42.4 Å². The lowest BCUT2D eigenvalue weighted by Crippen LogP contribution is -2.15. The average Bonchev–Trinajstić information content (AvgIpc) is 3.10. The Labute approximate surface area is 146 Å². The molecule has 7 nitrogen and oxygen atoms in total. The number of H-pyrrole nitrogens is 1. The van der Waals surface area contributed by atoms with E-state index >= 15 is 0 Å². The van der Waals surface area contributed by atoms with Crippen molar-refractivity contribution in [3.8, 4) is 0 Å². The number of nitrogens with one attached hydrogen (secondary N) is 5. The highest BCUT2D eigenvalue weighted by atomic mass is 15.2. The third kappa shape index (κ3) is 3.55. The van der Waals surface area contributed by atoms with Crippen LogP contribution in [0.25, 0.3) is 11.0 Å². The van der Waals surface area contributed by atoms with Crippen molar-refractivity contribution < 1.29 is 0 Å². The van der Waals surface area contributed by atoms with Gasteiger partial charge in [0.2, 0.25) is 5.95 Å². The Bertz CT molecular complexity index is 884. The van der Waals surface area contributed by atoms with E-state index in [9.17, 15) is 0 Å². The highest BCUT2D eigenvalue weighted by molar-refractivity contribution is 5.89. The second kappa shape index (κ2) is 7.21. The van der Waals surface area contributed by atoms with Gasteiger partial charge in [-0.2, -0.15) is 9.97 Å². The van der Waals surface area contributed by atoms with E-state index in [2.05, 4.69) is 44.7 Å². The van der Waals surface area contributed by atoms with Gasteiger partial charge in [0.25, 0.3) is 0 Å². The van der Waals surface area contributed by atoms with E-state index in [-0.39, 0.29) is 0 Å². The predicted octanol–water partition coefficient (Wildman–Crippen LogP) is 3.95. The SMILES string of the molecule is CC[C@H](C)Nc1nc(Nc2ccc(C=N)c(NC)c2)nc2[nH]ccc12. The fraction of sp³-hybridized carbons (Fsp3) is 0.278. The van der Waals surface area contributed by atoms with Gasteiger partial charge in [-0.3, -0.25) is 0 Å². The van der Waals surface area contributed by atoms with Gasteiger partial charge in [-0.05, 0) is 37.6 Å². The maximum atomic E-state index is 7.44. The molecule has 1 atom stereocenters. The number of nitrogens with zero attached hydrogens (tertiary/aromatic N) is 2. The summed E-state index contributed by atoms with van der Waals surface area (Å²) in [6.07, 6.45) is 4.20. The summed E-state index contributed by atoms with van der Waals surface area (Å²) in [6, 6.07) is 8.02. The highest BCUT2D eigenvalue weighted by Crippen LogP contribution is 2.25. The first-order valence-corrected chi connectivity index (χ1v) is 8.35. The van der Waals surface area contributed by atoms with Crippen molar-refractivity contribution in [1.29, 1.82) is 5.41 Å². The van der Waals surface area contributed by atoms with E-state index in [4.69, 9.17) is 5.41 Å². The number of aromatic nitrogens is 3. The van der Waals surface area contributed by atoms with Crippen LogP contribution < -0.4 is 16.0 Å². The largest absolute Gasteiger partial charge is 0.388 e. The average molecular weight is 337 g/mol. The molecule has 3 aromatic rings. The van der Waals surface area contributed by atoms with E-state index in [0.717, 1.165) is 40.2 Å². The van der Waals surface area contributed by atoms with Crippen LogP contribution in [-0.2, 0) is 0 Å². The minimum Gasteiger partial charge on any atom is -0.388 e. The number of hydrogen-bond donors (Lipinski definition) is 5. The van der Waals surface area contributed by atoms with Crippen molar-refractivity contribution in [2.24, 2.45) is 0 Å². The molecule has 0 fully saturated rings. The van der Waals surface area contributed by atoms with E-state index in [1.54, 1.807) is 0 Å². The van der Waals surface area contributed by atoms with E-state index in [1.165, 1.54) is 6.21 Å². The summed E-state index contributed by atoms with van der Waals surface area (Å²) in [5.74, 6) is 1.33. The summed E-state index contributed by atoms with van der Waals surface area (Å²) >= 11 is 0. The van der Waals surface area contributed by atoms with Crippen LogP contribution in [0, 0.1) is 5.41 Å². The molecule has 3 rings (SSSR count). The van der Waals surface area contributed by atoms with Crippen LogP contribution in [0.4, 0.5) is 23.1 Å². The minimum atomic E-state index is 0.323. The Morgan fingerprint density at radius 2 is 2.12 bits per heavy atom. The second-order valence-corrected chi connectivity index (χ2v) is 5.91. The zero-order valence-corrected chi connectivity index (χ0v) is 14.6. The molecule has 0 saturated heterocycles. The predicted molar refractivity (Wildman–Crippen MR) is 104 cm³/mol. The van der Waals surface area contributed by atoms with Crippen LogP contribution in [0.5, 0.6) is 0 Å². The normalized spacial score (nSPS) is 12.0. The summed E-state index contributed by atoms with van der Waals surface area (Å²) in [5, 5.41) is 18.2. The van der Waals surface area contributed by atoms with Gasteiger partial charge in [-0.15, -0.1) is 0 Å². The third-order valence-corrected chi connectivity index (χ3v) is 4.15. The zero-order valence-electron chi connectivity index (χ0n) is 14.6. The summed E-state index contributed by atoms with van der Waals surface area (Å²) in [5.41, 5.74) is 3.34. The number of rotatable bonds is 7. The van der Waals surface area contributed by atoms with Crippen LogP contribution >= 0.6 is 0 Å². The zero-order chi connectivity index (χ0) is 17.8. The van der Waals surface area contributed by atoms with Crippen LogP contribution in [0.15, 0.2) is 30.5 Å². The smallest absolute Gasteiger partial charge is 0.231 e. The molecule has 0 bridgehead atoms. The molecule has 0 aliphatic carbocycles. The number of fused-ring (bicyclic) bond motifs is 1. The fourth-order valence-corrected chi connectivity index (χ4v) is 2.55. The number of hydrogen-bond acceptors (Lipinski definition) is 6. The van der Waals surface area contributed by atoms with Crippen molar-refractivity contribution in [3.05, 3.63) is 36.0 Å². The highest BCUT2D eigenvalue weighted by Gasteiger charge is 2.11. The quantitative estimate of drug-likeness (QED) is 0.420. The van der Waals surface area contributed by atoms with Gasteiger partial charge in [-0.1, -0.05) is 6.92 Å². The molecule has 5 N–H and O–H groups in total. The first-order valence-electron chi connectivity index (χ1n) is 8.35. The standard InChI is InChI=1S/C18H23N7/c1-4-11(2)22-17-14-7-8-21-16(14)24-18(25-17)23-13-6-5-12(10-19)15(9-13)20-3/h5-11,19-20H,4H2,1-3H3,(H3,21,22,23,24,25)/t11-/m0/s1. The number of aromatic amines is 1. The van der Waals surface area contributed by atoms with Gasteiger partial charge in [0.15, 0.2) is 0 Å². The molecular formula is C18H23N7. The van der Waals surface area contributed by atoms with Gasteiger partial charge in [0.1, 0.15) is 11.5 Å². The Hall–Kier alpha value is -3.09. The van der Waals surface area contributed by atoms with E-state index < -0.39 is 0 Å². The van der Waals surface area contributed by atoms with Crippen LogP contribution in [0.3, 0.4) is 0 Å². The molecule has 2 heterocycles. The summed E-state index contributed by atoms with van der Waals surface area (Å²) < 4.78 is 0. The summed E-state index contributed by atoms with van der Waals surface area (Å²) in [7, 11) is 1.84. The summed E-state index contributed by atoms with van der Waals surface area (Å²) in [6.45, 7) is 4.26. The molecule has 25 heavy (non-hydrogen) atoms. The molecular weight excluding hydrogens is 314 g/mol. The van der Waals surface area contributed by atoms with Crippen molar-refractivity contribution in [3.63, 3.8) is 0 Å². The van der Waals surface area contributed by atoms with E-state index in [0.29, 0.717) is 12.0 Å². The van der Waals surface area contributed by atoms with Crippen molar-refractivity contribution in [2.45, 2.75) is 26.3 Å². The molecule has 0 amide bonds. The van der Waals surface area contributed by atoms with E-state index in [1.807, 2.05) is 37.5 Å². The van der Waals surface area contributed by atoms with Gasteiger partial charge >= 0.3 is 0 Å². The fourth-order valence-electron chi connectivity index (χ4n) is 2.55. The molecule has 2 aromatic heterocycles. The maximum absolute atomic E-state index is 7.44. The monoisotopic (exact) mass is 337 g/mol. The van der Waals surface area contributed by atoms with Crippen molar-refractivity contribution >= 4 is 40.4 Å². The van der Waals surface area contributed by atoms with Gasteiger partial charge < -0.3 is 26.3 Å². The lowest BCUT2D eigenvalue weighted by molar-refractivity contribution is 0.760. The lowest BCUT2D eigenvalue weighted by atomic mass is 10.1. The van der Waals surface area contributed by atoms with Crippen LogP contribution in [-0.4, -0.2) is 34.3 Å². The number of anilines is 4. The minimum absolute atomic E-state index is 0.323. The molecule has 7 heteroatoms. The Morgan fingerprint density at radius 3 is 2.84 bits per heavy atom. The van der Waals surface area contributed by atoms with Gasteiger partial charge in [0.05, 0.1) is 5.39 Å². The third-order valence-electron chi connectivity index (χ3n) is 4.15. The van der Waals surface area contributed by atoms with Gasteiger partial charge in [-0.25, -0.2) is 0 Å². The second-order valence-electron chi connectivity index (χ2n) is 5.91. The lowest BCUT2D eigenvalue weighted by Gasteiger charge is -2.15. The first kappa shape index (κ1) is 16.8. The first-order chi connectivity index (χ1) is 12.1. The Morgan fingerprint density at radius 1 is 1.28 bits per heavy atom. The molecule has 0 aliphatic rings. The number of benzene rings is 1. The maximum Gasteiger partial charge on any atom is 0.231 e. The molecule has 1 aromatic carbocycles. The molecule has 0 aliphatic heterocycles. The topological polar surface area (TPSA) is 102 Å². The van der Waals surface area contributed by atoms with Crippen molar-refractivity contribution in [1.82, 2.24) is 15.0 Å². The van der Waals surface area contributed by atoms with Crippen LogP contribution in [0.1, 0.15) is 25.8 Å². The molecule has 0 unspecified atom stereocenters. The molecule has 0 radical (unpaired) electrons. The van der Waals surface area contributed by atoms with Crippen LogP contribution in [0.2, 0.25) is 0 Å². The molecule has 0 spiro atoms. The molecule has 0 saturated carbocycles. The Kier molecular flexibility index (Phi) is 4.83. The Balaban J connectivity index is 1.94.